The number of fused-ring (bicyclic) bond motifs is 8. The second kappa shape index (κ2) is 18.9. The van der Waals surface area contributed by atoms with Crippen LogP contribution in [0.4, 0.5) is 0 Å². The van der Waals surface area contributed by atoms with E-state index in [4.69, 9.17) is 9.47 Å². The monoisotopic (exact) mass is 1000 g/mol. The molecule has 8 aliphatic carbocycles. The molecule has 1 spiro atoms. The first-order chi connectivity index (χ1) is 35.7. The van der Waals surface area contributed by atoms with Crippen LogP contribution in [0.2, 0.25) is 0 Å². The summed E-state index contributed by atoms with van der Waals surface area (Å²) in [7, 11) is 0. The second-order valence-corrected chi connectivity index (χ2v) is 25.0. The van der Waals surface area contributed by atoms with Gasteiger partial charge in [0.25, 0.3) is 0 Å². The number of aromatic nitrogens is 4. The van der Waals surface area contributed by atoms with Crippen LogP contribution in [-0.2, 0) is 23.9 Å². The van der Waals surface area contributed by atoms with Crippen LogP contribution in [0.5, 0.6) is 0 Å². The van der Waals surface area contributed by atoms with Crippen LogP contribution in [0, 0.1) is 58.2 Å². The van der Waals surface area contributed by atoms with Crippen molar-refractivity contribution < 1.29 is 30.4 Å². The Kier molecular flexibility index (Phi) is 12.7. The van der Waals surface area contributed by atoms with Crippen molar-refractivity contribution in [2.45, 2.75) is 161 Å². The second-order valence-electron chi connectivity index (χ2n) is 25.0. The lowest BCUT2D eigenvalue weighted by Gasteiger charge is -2.56. The zero-order valence-corrected chi connectivity index (χ0v) is 44.7. The van der Waals surface area contributed by atoms with Crippen molar-refractivity contribution in [3.8, 4) is 11.4 Å². The lowest BCUT2D eigenvalue weighted by Crippen LogP contribution is -2.53. The molecule has 10 nitrogen and oxygen atoms in total. The third kappa shape index (κ3) is 8.08. The molecule has 9 aliphatic rings. The van der Waals surface area contributed by atoms with E-state index in [1.165, 1.54) is 39.8 Å². The van der Waals surface area contributed by atoms with Gasteiger partial charge in [-0.3, -0.25) is 14.4 Å². The highest BCUT2D eigenvalue weighted by molar-refractivity contribution is 5.93. The maximum atomic E-state index is 13.2. The van der Waals surface area contributed by atoms with Crippen molar-refractivity contribution >= 4 is 17.3 Å². The number of carbonyl (C=O) groups is 3. The summed E-state index contributed by atoms with van der Waals surface area (Å²) in [5.74, 6) is 4.09. The van der Waals surface area contributed by atoms with Gasteiger partial charge in [-0.1, -0.05) is 75.9 Å². The van der Waals surface area contributed by atoms with Crippen molar-refractivity contribution in [2.75, 3.05) is 13.2 Å². The van der Waals surface area contributed by atoms with E-state index in [0.717, 1.165) is 88.4 Å². The molecule has 1 N–H and O–H groups in total. The Bertz CT molecular complexity index is 2900. The summed E-state index contributed by atoms with van der Waals surface area (Å²) in [6.45, 7) is 14.3. The number of hydrogen-bond donors (Lipinski definition) is 1. The summed E-state index contributed by atoms with van der Waals surface area (Å²) in [5.41, 5.74) is 11.1. The molecule has 390 valence electrons. The molecular formula is C64H79N4O6+. The van der Waals surface area contributed by atoms with Crippen molar-refractivity contribution in [3.05, 3.63) is 131 Å². The first-order valence-corrected chi connectivity index (χ1v) is 28.6. The van der Waals surface area contributed by atoms with Crippen LogP contribution < -0.4 is 0 Å². The number of Topliss-reactive ketones (excluding diaryl/α,β-unsaturated/α-hetero) is 2. The van der Waals surface area contributed by atoms with E-state index in [0.29, 0.717) is 79.0 Å². The van der Waals surface area contributed by atoms with Crippen molar-refractivity contribution in [1.29, 1.82) is 0 Å². The lowest BCUT2D eigenvalue weighted by molar-refractivity contribution is -0.208. The minimum atomic E-state index is -0.875. The Morgan fingerprint density at radius 3 is 1.73 bits per heavy atom. The quantitative estimate of drug-likeness (QED) is 0.173. The van der Waals surface area contributed by atoms with E-state index < -0.39 is 11.4 Å². The molecule has 0 amide bonds. The van der Waals surface area contributed by atoms with Gasteiger partial charge in [0, 0.05) is 79.1 Å². The van der Waals surface area contributed by atoms with Crippen LogP contribution in [0.3, 0.4) is 0 Å². The van der Waals surface area contributed by atoms with Crippen LogP contribution in [-0.4, -0.2) is 66.2 Å². The Labute approximate surface area is 440 Å². The smallest absolute Gasteiger partial charge is 0.385 e. The molecule has 13 atom stereocenters. The SMILES string of the molecule is CC[C@@H]1CC2C3CCC4=CC(=O)CCC4=C3[C@@H](c3ccc(-n4ccnc4)cc3)C[C@]2(C)C1C(C)=O.CC[C@@H]1CC2C3CC[C@@]4(O)CC5(CCC4=C3[C@@H](c3ccc(-n4ccnc4)cc3)C[C@]2(C)C1C(C)=O)OCCO5.[H+]. The summed E-state index contributed by atoms with van der Waals surface area (Å²) in [6.07, 6.45) is 27.1. The van der Waals surface area contributed by atoms with Crippen molar-refractivity contribution in [3.63, 3.8) is 0 Å². The molecule has 2 aromatic heterocycles. The highest BCUT2D eigenvalue weighted by Crippen LogP contribution is 2.70. The number of aliphatic hydroxyl groups is 1. The number of benzene rings is 2. The van der Waals surface area contributed by atoms with Gasteiger partial charge in [0.2, 0.25) is 0 Å². The fourth-order valence-electron chi connectivity index (χ4n) is 18.6. The first kappa shape index (κ1) is 49.8. The summed E-state index contributed by atoms with van der Waals surface area (Å²) < 4.78 is 16.3. The largest absolute Gasteiger partial charge is 1.00 e. The van der Waals surface area contributed by atoms with Crippen molar-refractivity contribution in [1.82, 2.24) is 19.1 Å². The fourth-order valence-corrected chi connectivity index (χ4v) is 18.6. The number of rotatable bonds is 8. The van der Waals surface area contributed by atoms with Gasteiger partial charge in [-0.15, -0.1) is 0 Å². The zero-order valence-electron chi connectivity index (χ0n) is 45.7. The van der Waals surface area contributed by atoms with Gasteiger partial charge in [-0.25, -0.2) is 9.97 Å². The van der Waals surface area contributed by atoms with Crippen LogP contribution in [0.15, 0.2) is 120 Å². The number of carbonyl (C=O) groups excluding carboxylic acids is 3. The molecular weight excluding hydrogens is 921 g/mol. The number of ether oxygens (including phenoxy) is 2. The van der Waals surface area contributed by atoms with E-state index in [2.05, 4.69) is 86.2 Å². The van der Waals surface area contributed by atoms with Gasteiger partial charge in [-0.05, 0) is 183 Å². The third-order valence-electron chi connectivity index (χ3n) is 21.4. The number of allylic oxidation sites excluding steroid dienone is 5. The zero-order chi connectivity index (χ0) is 51.3. The molecule has 0 radical (unpaired) electrons. The molecule has 6 unspecified atom stereocenters. The minimum absolute atomic E-state index is 0. The molecule has 10 heteroatoms. The molecule has 4 aromatic rings. The third-order valence-corrected chi connectivity index (χ3v) is 21.4. The Morgan fingerprint density at radius 1 is 0.703 bits per heavy atom. The first-order valence-electron chi connectivity index (χ1n) is 28.6. The molecule has 0 bridgehead atoms. The maximum Gasteiger partial charge on any atom is 1.00 e. The van der Waals surface area contributed by atoms with E-state index >= 15 is 0 Å². The standard InChI is InChI=1S/C33H42N2O4.C31H36N2O2/c1-4-22-17-28-25-9-11-32(37)19-33(38-15-16-39-33)12-10-27(32)29(25)26(18-31(28,3)30(22)21(2)36)23-5-7-24(8-6-23)35-14-13-34-20-35;1-4-20-16-28-26-11-7-22-15-24(35)10-12-25(22)29(26)27(17-31(28,3)30(20)19(2)34)21-5-8-23(9-6-21)33-14-13-32-18-33/h5-8,13-14,20,22,25-26,28,30,37H,4,9-12,15-19H2,1-3H3;5-6,8-9,13-15,18,20,26-28,30H,4,7,10-12,16-17H2,1-3H3/p+1/t22-,25?,26-,28?,30?,31+,32-;20-,26?,27-,28?,30?,31+/m11/s1. The topological polar surface area (TPSA) is 126 Å². The van der Waals surface area contributed by atoms with E-state index in [1.54, 1.807) is 18.0 Å². The molecule has 5 saturated carbocycles. The van der Waals surface area contributed by atoms with Gasteiger partial charge in [0.1, 0.15) is 11.6 Å². The number of nitrogens with zero attached hydrogens (tertiary/aromatic N) is 4. The summed E-state index contributed by atoms with van der Waals surface area (Å²) in [5, 5.41) is 12.3. The Hall–Kier alpha value is -5.03. The summed E-state index contributed by atoms with van der Waals surface area (Å²) in [6, 6.07) is 17.9. The predicted molar refractivity (Wildman–Crippen MR) is 287 cm³/mol. The lowest BCUT2D eigenvalue weighted by atomic mass is 9.50. The normalized spacial score (nSPS) is 36.7. The molecule has 13 rings (SSSR count). The summed E-state index contributed by atoms with van der Waals surface area (Å²) >= 11 is 0. The molecule has 3 heterocycles. The molecule has 74 heavy (non-hydrogen) atoms. The number of imidazole rings is 2. The van der Waals surface area contributed by atoms with Crippen LogP contribution in [0.25, 0.3) is 11.4 Å². The average Bonchev–Trinajstić information content (AvgIpc) is 4.27. The van der Waals surface area contributed by atoms with E-state index in [1.807, 2.05) is 54.1 Å². The number of ketones is 3. The highest BCUT2D eigenvalue weighted by atomic mass is 16.7. The van der Waals surface area contributed by atoms with Gasteiger partial charge in [-0.2, -0.15) is 0 Å². The highest BCUT2D eigenvalue weighted by Gasteiger charge is 2.64. The fraction of sp³-hybridized carbons (Fsp3) is 0.578. The van der Waals surface area contributed by atoms with Gasteiger partial charge in [0.05, 0.1) is 31.5 Å². The Morgan fingerprint density at radius 2 is 1.23 bits per heavy atom. The van der Waals surface area contributed by atoms with Crippen LogP contribution >= 0.6 is 0 Å². The van der Waals surface area contributed by atoms with Gasteiger partial charge in [0.15, 0.2) is 11.6 Å². The van der Waals surface area contributed by atoms with Crippen LogP contribution in [0.1, 0.15) is 162 Å². The van der Waals surface area contributed by atoms with E-state index in [-0.39, 0.29) is 35.8 Å². The minimum Gasteiger partial charge on any atom is -0.385 e. The predicted octanol–water partition coefficient (Wildman–Crippen LogP) is 12.7. The number of hydrogen-bond acceptors (Lipinski definition) is 8. The molecule has 6 fully saturated rings. The van der Waals surface area contributed by atoms with Gasteiger partial charge >= 0.3 is 1.43 Å². The average molecular weight is 1000 g/mol. The molecule has 2 aromatic carbocycles. The van der Waals surface area contributed by atoms with E-state index in [9.17, 15) is 19.5 Å². The molecule has 1 aliphatic heterocycles. The Balaban J connectivity index is 0.000000159. The maximum absolute atomic E-state index is 13.2. The molecule has 1 saturated heterocycles. The van der Waals surface area contributed by atoms with Gasteiger partial charge < -0.3 is 23.7 Å². The van der Waals surface area contributed by atoms with Crippen molar-refractivity contribution in [2.24, 2.45) is 58.2 Å². The summed E-state index contributed by atoms with van der Waals surface area (Å²) in [4.78, 5) is 46.9.